The van der Waals surface area contributed by atoms with E-state index < -0.39 is 0 Å². The van der Waals surface area contributed by atoms with Gasteiger partial charge in [-0.25, -0.2) is 9.97 Å². The van der Waals surface area contributed by atoms with Gasteiger partial charge in [0, 0.05) is 42.0 Å². The molecule has 0 unspecified atom stereocenters. The molecule has 0 aliphatic rings. The molecule has 0 aliphatic heterocycles. The van der Waals surface area contributed by atoms with Crippen LogP contribution in [0.5, 0.6) is 0 Å². The van der Waals surface area contributed by atoms with Gasteiger partial charge in [-0.2, -0.15) is 0 Å². The molecule has 0 fully saturated rings. The highest BCUT2D eigenvalue weighted by molar-refractivity contribution is 6.31. The van der Waals surface area contributed by atoms with Crippen LogP contribution in [0.2, 0.25) is 5.02 Å². The molecule has 0 saturated heterocycles. The Morgan fingerprint density at radius 3 is 2.57 bits per heavy atom. The van der Waals surface area contributed by atoms with Crippen LogP contribution in [0.15, 0.2) is 48.5 Å². The molecule has 0 bridgehead atoms. The maximum atomic E-state index is 12.3. The third-order valence-electron chi connectivity index (χ3n) is 4.78. The first-order valence-corrected chi connectivity index (χ1v) is 10.9. The van der Waals surface area contributed by atoms with E-state index in [4.69, 9.17) is 21.6 Å². The third kappa shape index (κ3) is 5.70. The van der Waals surface area contributed by atoms with Crippen molar-refractivity contribution < 1.29 is 4.79 Å². The second-order valence-corrected chi connectivity index (χ2v) is 8.27. The summed E-state index contributed by atoms with van der Waals surface area (Å²) in [4.78, 5) is 24.1. The van der Waals surface area contributed by atoms with Gasteiger partial charge in [-0.3, -0.25) is 4.79 Å². The molecule has 1 aromatic heterocycles. The van der Waals surface area contributed by atoms with Gasteiger partial charge in [-0.05, 0) is 30.5 Å². The van der Waals surface area contributed by atoms with Crippen molar-refractivity contribution in [3.8, 4) is 11.4 Å². The van der Waals surface area contributed by atoms with Crippen LogP contribution in [0, 0.1) is 5.92 Å². The Bertz CT molecular complexity index is 991. The van der Waals surface area contributed by atoms with Crippen LogP contribution < -0.4 is 10.2 Å². The maximum Gasteiger partial charge on any atom is 0.221 e. The van der Waals surface area contributed by atoms with E-state index in [1.165, 1.54) is 0 Å². The van der Waals surface area contributed by atoms with Gasteiger partial charge < -0.3 is 10.2 Å². The monoisotopic (exact) mass is 424 g/mol. The normalized spacial score (nSPS) is 11.1. The highest BCUT2D eigenvalue weighted by Gasteiger charge is 2.17. The smallest absolute Gasteiger partial charge is 0.221 e. The Labute approximate surface area is 183 Å². The number of carbonyl (C=O) groups is 1. The van der Waals surface area contributed by atoms with Crippen molar-refractivity contribution in [2.24, 2.45) is 5.92 Å². The van der Waals surface area contributed by atoms with Gasteiger partial charge in [-0.1, -0.05) is 62.7 Å². The number of amides is 1. The Hall–Kier alpha value is -2.66. The zero-order valence-electron chi connectivity index (χ0n) is 17.9. The summed E-state index contributed by atoms with van der Waals surface area (Å²) < 4.78 is 0. The van der Waals surface area contributed by atoms with E-state index in [-0.39, 0.29) is 5.91 Å². The number of nitrogens with one attached hydrogen (secondary N) is 1. The second-order valence-electron chi connectivity index (χ2n) is 7.83. The summed E-state index contributed by atoms with van der Waals surface area (Å²) in [6.07, 6.45) is 1.37. The molecule has 1 N–H and O–H groups in total. The van der Waals surface area contributed by atoms with Crippen molar-refractivity contribution in [2.45, 2.75) is 33.6 Å². The van der Waals surface area contributed by atoms with Crippen LogP contribution in [-0.2, 0) is 4.79 Å². The zero-order valence-corrected chi connectivity index (χ0v) is 18.6. The van der Waals surface area contributed by atoms with E-state index in [0.717, 1.165) is 35.2 Å². The topological polar surface area (TPSA) is 58.1 Å². The molecule has 2 aromatic carbocycles. The summed E-state index contributed by atoms with van der Waals surface area (Å²) in [5.41, 5.74) is 1.75. The van der Waals surface area contributed by atoms with Crippen molar-refractivity contribution in [3.05, 3.63) is 53.6 Å². The molecule has 0 radical (unpaired) electrons. The number of carbonyl (C=O) groups excluding carboxylic acids is 1. The first-order valence-electron chi connectivity index (χ1n) is 10.5. The summed E-state index contributed by atoms with van der Waals surface area (Å²) in [6.45, 7) is 8.41. The molecule has 0 atom stereocenters. The number of benzene rings is 2. The summed E-state index contributed by atoms with van der Waals surface area (Å²) in [6, 6.07) is 15.6. The average Bonchev–Trinajstić information content (AvgIpc) is 2.74. The van der Waals surface area contributed by atoms with Crippen LogP contribution in [0.25, 0.3) is 22.3 Å². The predicted octanol–water partition coefficient (Wildman–Crippen LogP) is 5.33. The van der Waals surface area contributed by atoms with Crippen LogP contribution >= 0.6 is 11.6 Å². The number of anilines is 1. The number of halogens is 1. The molecular formula is C24H29ClN4O. The Morgan fingerprint density at radius 2 is 1.87 bits per heavy atom. The SMILES string of the molecule is CCCN(CCC(=O)NCC(C)C)c1nc(-c2ccccc2)nc2cc(Cl)ccc12. The van der Waals surface area contributed by atoms with Crippen molar-refractivity contribution in [1.29, 1.82) is 0 Å². The number of hydrogen-bond donors (Lipinski definition) is 1. The van der Waals surface area contributed by atoms with Gasteiger partial charge in [0.2, 0.25) is 5.91 Å². The van der Waals surface area contributed by atoms with Crippen molar-refractivity contribution in [2.75, 3.05) is 24.5 Å². The van der Waals surface area contributed by atoms with E-state index >= 15 is 0 Å². The van der Waals surface area contributed by atoms with Gasteiger partial charge in [-0.15, -0.1) is 0 Å². The Morgan fingerprint density at radius 1 is 1.10 bits per heavy atom. The molecule has 0 aliphatic carbocycles. The Kier molecular flexibility index (Phi) is 7.63. The molecule has 1 heterocycles. The average molecular weight is 425 g/mol. The molecule has 3 aromatic rings. The van der Waals surface area contributed by atoms with E-state index in [1.54, 1.807) is 0 Å². The third-order valence-corrected chi connectivity index (χ3v) is 5.02. The molecule has 1 amide bonds. The van der Waals surface area contributed by atoms with E-state index in [2.05, 4.69) is 31.0 Å². The summed E-state index contributed by atoms with van der Waals surface area (Å²) >= 11 is 6.25. The largest absolute Gasteiger partial charge is 0.356 e. The number of rotatable bonds is 9. The predicted molar refractivity (Wildman–Crippen MR) is 125 cm³/mol. The first-order chi connectivity index (χ1) is 14.5. The van der Waals surface area contributed by atoms with E-state index in [9.17, 15) is 4.79 Å². The molecule has 0 saturated carbocycles. The summed E-state index contributed by atoms with van der Waals surface area (Å²) in [5, 5.41) is 4.58. The summed E-state index contributed by atoms with van der Waals surface area (Å²) in [7, 11) is 0. The number of nitrogens with zero attached hydrogens (tertiary/aromatic N) is 3. The zero-order chi connectivity index (χ0) is 21.5. The van der Waals surface area contributed by atoms with Crippen LogP contribution in [0.3, 0.4) is 0 Å². The molecule has 0 spiro atoms. The fourth-order valence-electron chi connectivity index (χ4n) is 3.28. The maximum absolute atomic E-state index is 12.3. The second kappa shape index (κ2) is 10.4. The van der Waals surface area contributed by atoms with Crippen molar-refractivity contribution in [1.82, 2.24) is 15.3 Å². The first kappa shape index (κ1) is 22.0. The van der Waals surface area contributed by atoms with Crippen LogP contribution in [0.1, 0.15) is 33.6 Å². The quantitative estimate of drug-likeness (QED) is 0.504. The lowest BCUT2D eigenvalue weighted by Gasteiger charge is -2.25. The lowest BCUT2D eigenvalue weighted by Crippen LogP contribution is -2.33. The van der Waals surface area contributed by atoms with Crippen molar-refractivity contribution >= 4 is 34.2 Å². The number of hydrogen-bond acceptors (Lipinski definition) is 4. The Balaban J connectivity index is 1.96. The summed E-state index contributed by atoms with van der Waals surface area (Å²) in [5.74, 6) is 2.00. The fourth-order valence-corrected chi connectivity index (χ4v) is 3.45. The highest BCUT2D eigenvalue weighted by atomic mass is 35.5. The van der Waals surface area contributed by atoms with E-state index in [0.29, 0.717) is 36.3 Å². The lowest BCUT2D eigenvalue weighted by atomic mass is 10.1. The van der Waals surface area contributed by atoms with Gasteiger partial charge in [0.15, 0.2) is 5.82 Å². The van der Waals surface area contributed by atoms with Gasteiger partial charge in [0.05, 0.1) is 5.52 Å². The standard InChI is InChI=1S/C24H29ClN4O/c1-4-13-29(14-12-22(30)26-16-17(2)3)24-20-11-10-19(25)15-21(20)27-23(28-24)18-8-6-5-7-9-18/h5-11,15,17H,4,12-14,16H2,1-3H3,(H,26,30). The van der Waals surface area contributed by atoms with Crippen LogP contribution in [0.4, 0.5) is 5.82 Å². The molecule has 6 heteroatoms. The minimum Gasteiger partial charge on any atom is -0.356 e. The minimum absolute atomic E-state index is 0.0643. The van der Waals surface area contributed by atoms with Crippen molar-refractivity contribution in [3.63, 3.8) is 0 Å². The highest BCUT2D eigenvalue weighted by Crippen LogP contribution is 2.29. The van der Waals surface area contributed by atoms with Crippen LogP contribution in [-0.4, -0.2) is 35.5 Å². The molecule has 158 valence electrons. The minimum atomic E-state index is 0.0643. The number of fused-ring (bicyclic) bond motifs is 1. The van der Waals surface area contributed by atoms with Gasteiger partial charge in [0.1, 0.15) is 5.82 Å². The van der Waals surface area contributed by atoms with Gasteiger partial charge >= 0.3 is 0 Å². The number of aromatic nitrogens is 2. The lowest BCUT2D eigenvalue weighted by molar-refractivity contribution is -0.121. The fraction of sp³-hybridized carbons (Fsp3) is 0.375. The molecule has 3 rings (SSSR count). The molecule has 30 heavy (non-hydrogen) atoms. The van der Waals surface area contributed by atoms with E-state index in [1.807, 2.05) is 48.5 Å². The molecular weight excluding hydrogens is 396 g/mol. The van der Waals surface area contributed by atoms with Gasteiger partial charge in [0.25, 0.3) is 0 Å². The molecule has 5 nitrogen and oxygen atoms in total.